The number of carbonyl (C=O) groups excluding carboxylic acids is 2. The summed E-state index contributed by atoms with van der Waals surface area (Å²) in [5, 5.41) is 6.08. The van der Waals surface area contributed by atoms with Crippen LogP contribution in [-0.4, -0.2) is 36.3 Å². The highest BCUT2D eigenvalue weighted by Crippen LogP contribution is 2.22. The maximum Gasteiger partial charge on any atom is 0.253 e. The average molecular weight is 367 g/mol. The highest BCUT2D eigenvalue weighted by atomic mass is 16.2. The Bertz CT molecular complexity index is 803. The number of anilines is 2. The van der Waals surface area contributed by atoms with Gasteiger partial charge in [-0.05, 0) is 63.9 Å². The molecule has 2 N–H and O–H groups in total. The highest BCUT2D eigenvalue weighted by Gasteiger charge is 2.13. The summed E-state index contributed by atoms with van der Waals surface area (Å²) in [5.41, 5.74) is 5.50. The highest BCUT2D eigenvalue weighted by molar-refractivity contribution is 5.96. The molecule has 2 amide bonds. The van der Waals surface area contributed by atoms with E-state index in [0.717, 1.165) is 22.5 Å². The molecule has 0 saturated heterocycles. The molecule has 2 aromatic rings. The summed E-state index contributed by atoms with van der Waals surface area (Å²) in [7, 11) is 0. The van der Waals surface area contributed by atoms with Crippen molar-refractivity contribution in [2.75, 3.05) is 30.3 Å². The predicted molar refractivity (Wildman–Crippen MR) is 111 cm³/mol. The van der Waals surface area contributed by atoms with Gasteiger partial charge in [0.05, 0.1) is 6.54 Å². The Labute approximate surface area is 161 Å². The molecule has 5 nitrogen and oxygen atoms in total. The fourth-order valence-electron chi connectivity index (χ4n) is 3.20. The van der Waals surface area contributed by atoms with Crippen molar-refractivity contribution in [2.24, 2.45) is 0 Å². The van der Waals surface area contributed by atoms with Crippen LogP contribution < -0.4 is 10.6 Å². The molecule has 0 unspecified atom stereocenters. The minimum Gasteiger partial charge on any atom is -0.376 e. The molecule has 0 saturated carbocycles. The van der Waals surface area contributed by atoms with Gasteiger partial charge in [0.15, 0.2) is 0 Å². The first-order chi connectivity index (χ1) is 12.8. The molecule has 0 aromatic heterocycles. The summed E-state index contributed by atoms with van der Waals surface area (Å²) >= 11 is 0. The van der Waals surface area contributed by atoms with Crippen LogP contribution in [0.25, 0.3) is 0 Å². The van der Waals surface area contributed by atoms with Gasteiger partial charge in [0.2, 0.25) is 5.91 Å². The summed E-state index contributed by atoms with van der Waals surface area (Å²) in [5.74, 6) is -0.121. The SMILES string of the molecule is CCN(CC)C(=O)c1cccc(NCC(=O)Nc2c(C)cc(C)cc2C)c1. The Hall–Kier alpha value is -2.82. The third-order valence-electron chi connectivity index (χ3n) is 4.55. The van der Waals surface area contributed by atoms with Crippen molar-refractivity contribution in [2.45, 2.75) is 34.6 Å². The van der Waals surface area contributed by atoms with Crippen molar-refractivity contribution < 1.29 is 9.59 Å². The van der Waals surface area contributed by atoms with Gasteiger partial charge in [-0.25, -0.2) is 0 Å². The Balaban J connectivity index is 2.02. The molecule has 0 aliphatic heterocycles. The van der Waals surface area contributed by atoms with Crippen LogP contribution in [-0.2, 0) is 4.79 Å². The van der Waals surface area contributed by atoms with Crippen LogP contribution in [0.3, 0.4) is 0 Å². The molecule has 144 valence electrons. The Morgan fingerprint density at radius 1 is 0.963 bits per heavy atom. The van der Waals surface area contributed by atoms with Crippen LogP contribution in [0.15, 0.2) is 36.4 Å². The fourth-order valence-corrected chi connectivity index (χ4v) is 3.20. The van der Waals surface area contributed by atoms with Gasteiger partial charge in [0, 0.05) is 30.0 Å². The molecule has 0 fully saturated rings. The zero-order valence-corrected chi connectivity index (χ0v) is 16.8. The molecule has 0 spiro atoms. The smallest absolute Gasteiger partial charge is 0.253 e. The van der Waals surface area contributed by atoms with E-state index in [9.17, 15) is 9.59 Å². The summed E-state index contributed by atoms with van der Waals surface area (Å²) in [6, 6.07) is 11.4. The first kappa shape index (κ1) is 20.5. The standard InChI is InChI=1S/C22H29N3O2/c1-6-25(7-2)22(27)18-9-8-10-19(13-18)23-14-20(26)24-21-16(4)11-15(3)12-17(21)5/h8-13,23H,6-7,14H2,1-5H3,(H,24,26). The normalized spacial score (nSPS) is 10.4. The van der Waals surface area contributed by atoms with Gasteiger partial charge in [-0.2, -0.15) is 0 Å². The van der Waals surface area contributed by atoms with Gasteiger partial charge in [0.1, 0.15) is 0 Å². The van der Waals surface area contributed by atoms with Crippen molar-refractivity contribution in [3.05, 3.63) is 58.7 Å². The number of benzene rings is 2. The monoisotopic (exact) mass is 367 g/mol. The lowest BCUT2D eigenvalue weighted by Gasteiger charge is -2.19. The maximum absolute atomic E-state index is 12.5. The number of nitrogens with one attached hydrogen (secondary N) is 2. The van der Waals surface area contributed by atoms with Crippen molar-refractivity contribution in [3.63, 3.8) is 0 Å². The molecule has 27 heavy (non-hydrogen) atoms. The summed E-state index contributed by atoms with van der Waals surface area (Å²) < 4.78 is 0. The van der Waals surface area contributed by atoms with Gasteiger partial charge in [-0.15, -0.1) is 0 Å². The second-order valence-electron chi connectivity index (χ2n) is 6.73. The second-order valence-corrected chi connectivity index (χ2v) is 6.73. The van der Waals surface area contributed by atoms with E-state index < -0.39 is 0 Å². The Morgan fingerprint density at radius 3 is 2.19 bits per heavy atom. The van der Waals surface area contributed by atoms with Crippen LogP contribution in [0, 0.1) is 20.8 Å². The van der Waals surface area contributed by atoms with Crippen molar-refractivity contribution in [1.82, 2.24) is 4.90 Å². The van der Waals surface area contributed by atoms with E-state index in [0.29, 0.717) is 18.7 Å². The van der Waals surface area contributed by atoms with Gasteiger partial charge >= 0.3 is 0 Å². The van der Waals surface area contributed by atoms with Crippen molar-refractivity contribution in [3.8, 4) is 0 Å². The molecule has 2 rings (SSSR count). The molecule has 0 radical (unpaired) electrons. The average Bonchev–Trinajstić information content (AvgIpc) is 2.64. The van der Waals surface area contributed by atoms with E-state index in [4.69, 9.17) is 0 Å². The van der Waals surface area contributed by atoms with Gasteiger partial charge in [-0.3, -0.25) is 9.59 Å². The van der Waals surface area contributed by atoms with Gasteiger partial charge < -0.3 is 15.5 Å². The van der Waals surface area contributed by atoms with E-state index in [1.807, 2.05) is 46.8 Å². The summed E-state index contributed by atoms with van der Waals surface area (Å²) in [6.45, 7) is 11.4. The lowest BCUT2D eigenvalue weighted by atomic mass is 10.1. The minimum atomic E-state index is -0.120. The zero-order valence-electron chi connectivity index (χ0n) is 16.8. The van der Waals surface area contributed by atoms with Crippen molar-refractivity contribution >= 4 is 23.2 Å². The first-order valence-corrected chi connectivity index (χ1v) is 9.36. The van der Waals surface area contributed by atoms with Crippen molar-refractivity contribution in [1.29, 1.82) is 0 Å². The quantitative estimate of drug-likeness (QED) is 0.773. The molecular formula is C22H29N3O2. The Morgan fingerprint density at radius 2 is 1.59 bits per heavy atom. The molecule has 0 aliphatic rings. The lowest BCUT2D eigenvalue weighted by Crippen LogP contribution is -2.30. The van der Waals surface area contributed by atoms with Crippen LogP contribution in [0.5, 0.6) is 0 Å². The molecule has 0 aliphatic carbocycles. The zero-order chi connectivity index (χ0) is 20.0. The van der Waals surface area contributed by atoms with Crippen LogP contribution in [0.2, 0.25) is 0 Å². The van der Waals surface area contributed by atoms with E-state index in [1.165, 1.54) is 5.56 Å². The van der Waals surface area contributed by atoms with E-state index in [-0.39, 0.29) is 18.4 Å². The van der Waals surface area contributed by atoms with Crippen LogP contribution in [0.4, 0.5) is 11.4 Å². The minimum absolute atomic E-state index is 0.000920. The molecule has 5 heteroatoms. The fraction of sp³-hybridized carbons (Fsp3) is 0.364. The van der Waals surface area contributed by atoms with Crippen LogP contribution >= 0.6 is 0 Å². The third kappa shape index (κ3) is 5.33. The topological polar surface area (TPSA) is 61.4 Å². The molecule has 0 atom stereocenters. The number of nitrogens with zero attached hydrogens (tertiary/aromatic N) is 1. The number of aryl methyl sites for hydroxylation is 3. The number of rotatable bonds is 7. The molecule has 0 heterocycles. The number of carbonyl (C=O) groups is 2. The number of hydrogen-bond donors (Lipinski definition) is 2. The van der Waals surface area contributed by atoms with Crippen LogP contribution in [0.1, 0.15) is 40.9 Å². The second kappa shape index (κ2) is 9.21. The van der Waals surface area contributed by atoms with E-state index in [2.05, 4.69) is 22.8 Å². The maximum atomic E-state index is 12.5. The number of hydrogen-bond acceptors (Lipinski definition) is 3. The lowest BCUT2D eigenvalue weighted by molar-refractivity contribution is -0.114. The molecular weight excluding hydrogens is 338 g/mol. The largest absolute Gasteiger partial charge is 0.376 e. The summed E-state index contributed by atoms with van der Waals surface area (Å²) in [6.07, 6.45) is 0. The summed E-state index contributed by atoms with van der Waals surface area (Å²) in [4.78, 5) is 26.6. The third-order valence-corrected chi connectivity index (χ3v) is 4.55. The van der Waals surface area contributed by atoms with Gasteiger partial charge in [0.25, 0.3) is 5.91 Å². The molecule has 0 bridgehead atoms. The first-order valence-electron chi connectivity index (χ1n) is 9.36. The number of amides is 2. The van der Waals surface area contributed by atoms with E-state index >= 15 is 0 Å². The Kier molecular flexibility index (Phi) is 6.99. The van der Waals surface area contributed by atoms with E-state index in [1.54, 1.807) is 17.0 Å². The predicted octanol–water partition coefficient (Wildman–Crippen LogP) is 4.14. The van der Waals surface area contributed by atoms with Gasteiger partial charge in [-0.1, -0.05) is 23.8 Å². The molecule has 2 aromatic carbocycles.